The number of hydrogen-bond donors (Lipinski definition) is 2. The zero-order chi connectivity index (χ0) is 10.1. The zero-order valence-electron chi connectivity index (χ0n) is 7.84. The van der Waals surface area contributed by atoms with Gasteiger partial charge in [0.25, 0.3) is 0 Å². The Balaban J connectivity index is 3.20. The van der Waals surface area contributed by atoms with Crippen LogP contribution >= 0.6 is 0 Å². The molecule has 3 N–H and O–H groups in total. The number of aliphatic hydroxyl groups is 1. The number of aryl methyl sites for hydroxylation is 1. The van der Waals surface area contributed by atoms with Crippen molar-refractivity contribution in [2.75, 3.05) is 6.61 Å². The second-order valence-electron chi connectivity index (χ2n) is 3.53. The molecule has 0 amide bonds. The van der Waals surface area contributed by atoms with E-state index in [0.29, 0.717) is 5.56 Å². The average molecular weight is 183 g/mol. The van der Waals surface area contributed by atoms with Crippen LogP contribution in [0, 0.1) is 12.7 Å². The summed E-state index contributed by atoms with van der Waals surface area (Å²) in [5, 5.41) is 9.02. The highest BCUT2D eigenvalue weighted by Crippen LogP contribution is 2.21. The molecular weight excluding hydrogens is 169 g/mol. The van der Waals surface area contributed by atoms with Gasteiger partial charge >= 0.3 is 0 Å². The predicted octanol–water partition coefficient (Wildman–Crippen LogP) is 1.30. The summed E-state index contributed by atoms with van der Waals surface area (Å²) in [6, 6.07) is 4.41. The van der Waals surface area contributed by atoms with E-state index >= 15 is 0 Å². The summed E-state index contributed by atoms with van der Waals surface area (Å²) in [5.41, 5.74) is 6.46. The maximum Gasteiger partial charge on any atom is 0.123 e. The number of benzene rings is 1. The van der Waals surface area contributed by atoms with Crippen LogP contribution in [0.2, 0.25) is 0 Å². The molecule has 1 unspecified atom stereocenters. The van der Waals surface area contributed by atoms with E-state index in [1.807, 2.05) is 6.92 Å². The van der Waals surface area contributed by atoms with Crippen LogP contribution in [0.3, 0.4) is 0 Å². The number of nitrogens with two attached hydrogens (primary N) is 1. The van der Waals surface area contributed by atoms with Crippen LogP contribution in [0.1, 0.15) is 18.1 Å². The molecule has 0 aromatic heterocycles. The molecular formula is C10H14FNO. The fourth-order valence-electron chi connectivity index (χ4n) is 1.29. The van der Waals surface area contributed by atoms with Gasteiger partial charge in [-0.1, -0.05) is 6.07 Å². The summed E-state index contributed by atoms with van der Waals surface area (Å²) in [4.78, 5) is 0. The van der Waals surface area contributed by atoms with Crippen molar-refractivity contribution < 1.29 is 9.50 Å². The smallest absolute Gasteiger partial charge is 0.123 e. The molecule has 1 atom stereocenters. The van der Waals surface area contributed by atoms with Crippen molar-refractivity contribution in [3.8, 4) is 0 Å². The molecule has 1 rings (SSSR count). The first-order valence-electron chi connectivity index (χ1n) is 4.14. The SMILES string of the molecule is Cc1ccc(F)cc1C(C)(N)CO. The second-order valence-corrected chi connectivity index (χ2v) is 3.53. The van der Waals surface area contributed by atoms with E-state index in [1.165, 1.54) is 12.1 Å². The summed E-state index contributed by atoms with van der Waals surface area (Å²) in [6.07, 6.45) is 0. The lowest BCUT2D eigenvalue weighted by Gasteiger charge is -2.24. The van der Waals surface area contributed by atoms with Crippen LogP contribution in [-0.4, -0.2) is 11.7 Å². The van der Waals surface area contributed by atoms with Crippen LogP contribution < -0.4 is 5.73 Å². The van der Waals surface area contributed by atoms with Gasteiger partial charge in [0.05, 0.1) is 12.1 Å². The second kappa shape index (κ2) is 3.44. The van der Waals surface area contributed by atoms with E-state index in [2.05, 4.69) is 0 Å². The molecule has 0 aliphatic carbocycles. The highest BCUT2D eigenvalue weighted by Gasteiger charge is 2.22. The normalized spacial score (nSPS) is 15.5. The Hall–Kier alpha value is -0.930. The maximum absolute atomic E-state index is 12.9. The molecule has 0 radical (unpaired) electrons. The summed E-state index contributed by atoms with van der Waals surface area (Å²) >= 11 is 0. The summed E-state index contributed by atoms with van der Waals surface area (Å²) in [6.45, 7) is 3.32. The van der Waals surface area contributed by atoms with Crippen molar-refractivity contribution >= 4 is 0 Å². The minimum absolute atomic E-state index is 0.197. The third-order valence-electron chi connectivity index (χ3n) is 2.14. The highest BCUT2D eigenvalue weighted by molar-refractivity contribution is 5.32. The molecule has 13 heavy (non-hydrogen) atoms. The minimum Gasteiger partial charge on any atom is -0.394 e. The fraction of sp³-hybridized carbons (Fsp3) is 0.400. The Bertz CT molecular complexity index is 310. The third-order valence-corrected chi connectivity index (χ3v) is 2.14. The van der Waals surface area contributed by atoms with Gasteiger partial charge in [0.2, 0.25) is 0 Å². The van der Waals surface area contributed by atoms with Gasteiger partial charge in [-0.25, -0.2) is 4.39 Å². The van der Waals surface area contributed by atoms with Crippen LogP contribution in [0.4, 0.5) is 4.39 Å². The number of halogens is 1. The topological polar surface area (TPSA) is 46.2 Å². The molecule has 0 fully saturated rings. The molecule has 3 heteroatoms. The lowest BCUT2D eigenvalue weighted by atomic mass is 9.90. The lowest BCUT2D eigenvalue weighted by molar-refractivity contribution is 0.209. The van der Waals surface area contributed by atoms with Gasteiger partial charge in [-0.3, -0.25) is 0 Å². The molecule has 0 aliphatic rings. The van der Waals surface area contributed by atoms with Gasteiger partial charge in [0, 0.05) is 0 Å². The first kappa shape index (κ1) is 10.2. The first-order valence-corrected chi connectivity index (χ1v) is 4.14. The molecule has 0 spiro atoms. The van der Waals surface area contributed by atoms with Crippen molar-refractivity contribution in [1.82, 2.24) is 0 Å². The van der Waals surface area contributed by atoms with Crippen molar-refractivity contribution in [3.63, 3.8) is 0 Å². The van der Waals surface area contributed by atoms with Gasteiger partial charge in [0.1, 0.15) is 5.82 Å². The number of hydrogen-bond acceptors (Lipinski definition) is 2. The Labute approximate surface area is 77.2 Å². The number of aliphatic hydroxyl groups excluding tert-OH is 1. The fourth-order valence-corrected chi connectivity index (χ4v) is 1.29. The molecule has 72 valence electrons. The van der Waals surface area contributed by atoms with E-state index in [9.17, 15) is 4.39 Å². The molecule has 0 bridgehead atoms. The minimum atomic E-state index is -0.869. The Morgan fingerprint density at radius 2 is 2.15 bits per heavy atom. The van der Waals surface area contributed by atoms with Crippen molar-refractivity contribution in [3.05, 3.63) is 35.1 Å². The van der Waals surface area contributed by atoms with Gasteiger partial charge in [-0.15, -0.1) is 0 Å². The first-order chi connectivity index (χ1) is 5.97. The summed E-state index contributed by atoms with van der Waals surface area (Å²) in [5.74, 6) is -0.328. The van der Waals surface area contributed by atoms with Crippen LogP contribution in [-0.2, 0) is 5.54 Å². The van der Waals surface area contributed by atoms with Gasteiger partial charge in [-0.2, -0.15) is 0 Å². The van der Waals surface area contributed by atoms with Crippen LogP contribution in [0.25, 0.3) is 0 Å². The van der Waals surface area contributed by atoms with E-state index in [4.69, 9.17) is 10.8 Å². The predicted molar refractivity (Wildman–Crippen MR) is 49.8 cm³/mol. The Kier molecular flexibility index (Phi) is 2.68. The van der Waals surface area contributed by atoms with Gasteiger partial charge < -0.3 is 10.8 Å². The van der Waals surface area contributed by atoms with E-state index in [0.717, 1.165) is 5.56 Å². The summed E-state index contributed by atoms with van der Waals surface area (Å²) in [7, 11) is 0. The Morgan fingerprint density at radius 1 is 1.54 bits per heavy atom. The van der Waals surface area contributed by atoms with E-state index in [-0.39, 0.29) is 12.4 Å². The van der Waals surface area contributed by atoms with Gasteiger partial charge in [-0.05, 0) is 37.1 Å². The number of rotatable bonds is 2. The molecule has 1 aromatic rings. The quantitative estimate of drug-likeness (QED) is 0.726. The Morgan fingerprint density at radius 3 is 2.69 bits per heavy atom. The molecule has 1 aromatic carbocycles. The molecule has 0 heterocycles. The molecule has 0 saturated carbocycles. The van der Waals surface area contributed by atoms with Crippen LogP contribution in [0.5, 0.6) is 0 Å². The molecule has 0 saturated heterocycles. The third kappa shape index (κ3) is 2.05. The van der Waals surface area contributed by atoms with Crippen molar-refractivity contribution in [2.24, 2.45) is 5.73 Å². The van der Waals surface area contributed by atoms with Gasteiger partial charge in [0.15, 0.2) is 0 Å². The highest BCUT2D eigenvalue weighted by atomic mass is 19.1. The maximum atomic E-state index is 12.9. The van der Waals surface area contributed by atoms with E-state index < -0.39 is 5.54 Å². The van der Waals surface area contributed by atoms with Crippen LogP contribution in [0.15, 0.2) is 18.2 Å². The van der Waals surface area contributed by atoms with Crippen molar-refractivity contribution in [2.45, 2.75) is 19.4 Å². The lowest BCUT2D eigenvalue weighted by Crippen LogP contribution is -2.37. The standard InChI is InChI=1S/C10H14FNO/c1-7-3-4-8(11)5-9(7)10(2,12)6-13/h3-5,13H,6,12H2,1-2H3. The monoisotopic (exact) mass is 183 g/mol. The average Bonchev–Trinajstić information content (AvgIpc) is 2.09. The zero-order valence-corrected chi connectivity index (χ0v) is 7.84. The summed E-state index contributed by atoms with van der Waals surface area (Å²) < 4.78 is 12.9. The van der Waals surface area contributed by atoms with Crippen molar-refractivity contribution in [1.29, 1.82) is 0 Å². The molecule has 2 nitrogen and oxygen atoms in total. The molecule has 0 aliphatic heterocycles. The van der Waals surface area contributed by atoms with E-state index in [1.54, 1.807) is 13.0 Å². The largest absolute Gasteiger partial charge is 0.394 e.